The van der Waals surface area contributed by atoms with Gasteiger partial charge >= 0.3 is 5.69 Å². The minimum Gasteiger partial charge on any atom is -0.387 e. The van der Waals surface area contributed by atoms with Crippen LogP contribution in [0.5, 0.6) is 0 Å². The van der Waals surface area contributed by atoms with Gasteiger partial charge in [0, 0.05) is 20.1 Å². The van der Waals surface area contributed by atoms with E-state index in [1.54, 1.807) is 6.92 Å². The second-order valence-corrected chi connectivity index (χ2v) is 5.31. The Bertz CT molecular complexity index is 863. The van der Waals surface area contributed by atoms with Crippen LogP contribution >= 0.6 is 0 Å². The lowest BCUT2D eigenvalue weighted by atomic mass is 10.1. The first-order chi connectivity index (χ1) is 11.3. The molecule has 0 bridgehead atoms. The molecule has 1 unspecified atom stereocenters. The number of hydrogen-bond acceptors (Lipinski definition) is 5. The molecule has 0 aliphatic heterocycles. The summed E-state index contributed by atoms with van der Waals surface area (Å²) in [6.07, 6.45) is -1.19. The molecule has 2 aromatic rings. The van der Waals surface area contributed by atoms with Crippen LogP contribution in [0.15, 0.2) is 27.8 Å². The van der Waals surface area contributed by atoms with Crippen molar-refractivity contribution in [1.29, 1.82) is 0 Å². The van der Waals surface area contributed by atoms with Crippen LogP contribution in [0.25, 0.3) is 0 Å². The second kappa shape index (κ2) is 6.83. The van der Waals surface area contributed by atoms with E-state index in [2.05, 4.69) is 4.98 Å². The van der Waals surface area contributed by atoms with Crippen LogP contribution in [-0.4, -0.2) is 28.3 Å². The number of nitrogens with two attached hydrogens (primary N) is 1. The number of aliphatic hydroxyl groups excluding tert-OH is 1. The molecule has 0 aliphatic rings. The highest BCUT2D eigenvalue weighted by atomic mass is 19.2. The molecule has 0 aliphatic carbocycles. The summed E-state index contributed by atoms with van der Waals surface area (Å²) in [6.45, 7) is 1.84. The topological polar surface area (TPSA) is 104 Å². The quantitative estimate of drug-likeness (QED) is 0.739. The minimum absolute atomic E-state index is 0.0121. The van der Waals surface area contributed by atoms with Crippen molar-refractivity contribution in [1.82, 2.24) is 9.55 Å². The summed E-state index contributed by atoms with van der Waals surface area (Å²) in [5, 5.41) is 10.2. The summed E-state index contributed by atoms with van der Waals surface area (Å²) >= 11 is 0. The first-order valence-electron chi connectivity index (χ1n) is 7.23. The molecule has 9 heteroatoms. The van der Waals surface area contributed by atoms with Crippen LogP contribution in [-0.2, 0) is 6.54 Å². The highest BCUT2D eigenvalue weighted by molar-refractivity contribution is 5.62. The lowest BCUT2D eigenvalue weighted by Gasteiger charge is -2.24. The number of nitrogens with zero attached hydrogens (tertiary/aromatic N) is 2. The number of nitrogens with one attached hydrogen (secondary N) is 1. The fourth-order valence-corrected chi connectivity index (χ4v) is 2.44. The number of H-pyrrole nitrogens is 1. The lowest BCUT2D eigenvalue weighted by Crippen LogP contribution is -2.38. The van der Waals surface area contributed by atoms with Crippen molar-refractivity contribution in [2.45, 2.75) is 19.6 Å². The van der Waals surface area contributed by atoms with Gasteiger partial charge < -0.3 is 15.7 Å². The molecule has 1 aromatic carbocycles. The summed E-state index contributed by atoms with van der Waals surface area (Å²) in [5.41, 5.74) is 4.71. The maximum absolute atomic E-state index is 13.3. The van der Waals surface area contributed by atoms with E-state index in [9.17, 15) is 23.5 Å². The molecule has 0 saturated carbocycles. The van der Waals surface area contributed by atoms with Crippen LogP contribution in [0.2, 0.25) is 0 Å². The molecule has 0 radical (unpaired) electrons. The van der Waals surface area contributed by atoms with Crippen molar-refractivity contribution < 1.29 is 13.9 Å². The number of anilines is 2. The maximum Gasteiger partial charge on any atom is 0.330 e. The van der Waals surface area contributed by atoms with Crippen LogP contribution in [0.4, 0.5) is 20.3 Å². The molecule has 1 aromatic heterocycles. The first-order valence-corrected chi connectivity index (χ1v) is 7.23. The molecule has 0 fully saturated rings. The van der Waals surface area contributed by atoms with Gasteiger partial charge in [0.2, 0.25) is 0 Å². The normalized spacial score (nSPS) is 12.2. The van der Waals surface area contributed by atoms with Crippen molar-refractivity contribution in [3.05, 3.63) is 56.2 Å². The molecule has 130 valence electrons. The fraction of sp³-hybridized carbons (Fsp3) is 0.333. The Balaban J connectivity index is 2.32. The van der Waals surface area contributed by atoms with Gasteiger partial charge in [0.15, 0.2) is 11.6 Å². The molecular formula is C15H18F2N4O3. The van der Waals surface area contributed by atoms with Crippen molar-refractivity contribution in [3.63, 3.8) is 0 Å². The van der Waals surface area contributed by atoms with Crippen LogP contribution in [0.3, 0.4) is 0 Å². The summed E-state index contributed by atoms with van der Waals surface area (Å²) in [4.78, 5) is 27.2. The van der Waals surface area contributed by atoms with Crippen molar-refractivity contribution >= 4 is 11.5 Å². The lowest BCUT2D eigenvalue weighted by molar-refractivity contribution is 0.184. The van der Waals surface area contributed by atoms with Crippen LogP contribution in [0, 0.1) is 11.6 Å². The standard InChI is InChI=1S/C15H18F2N4O3/c1-3-21-13(18)12(14(23)19-15(21)24)20(2)7-11(22)8-4-5-9(16)10(17)6-8/h4-6,11,22H,3,7,18H2,1-2H3,(H,19,23,24). The van der Waals surface area contributed by atoms with Gasteiger partial charge in [0.25, 0.3) is 5.56 Å². The van der Waals surface area contributed by atoms with Gasteiger partial charge in [-0.25, -0.2) is 13.6 Å². The number of halogens is 2. The van der Waals surface area contributed by atoms with E-state index in [-0.39, 0.29) is 30.2 Å². The molecule has 7 nitrogen and oxygen atoms in total. The average Bonchev–Trinajstić information content (AvgIpc) is 2.49. The zero-order valence-corrected chi connectivity index (χ0v) is 13.2. The largest absolute Gasteiger partial charge is 0.387 e. The molecule has 2 rings (SSSR count). The van der Waals surface area contributed by atoms with Gasteiger partial charge in [0.05, 0.1) is 6.10 Å². The van der Waals surface area contributed by atoms with E-state index in [1.807, 2.05) is 0 Å². The third-order valence-corrected chi connectivity index (χ3v) is 3.69. The van der Waals surface area contributed by atoms with Gasteiger partial charge in [0.1, 0.15) is 11.5 Å². The molecule has 1 atom stereocenters. The van der Waals surface area contributed by atoms with Crippen molar-refractivity contribution in [2.75, 3.05) is 24.2 Å². The van der Waals surface area contributed by atoms with E-state index in [0.29, 0.717) is 0 Å². The first kappa shape index (κ1) is 17.7. The Morgan fingerprint density at radius 2 is 2.00 bits per heavy atom. The number of hydrogen-bond donors (Lipinski definition) is 3. The van der Waals surface area contributed by atoms with Gasteiger partial charge in [-0.05, 0) is 24.6 Å². The van der Waals surface area contributed by atoms with Crippen molar-refractivity contribution in [2.24, 2.45) is 0 Å². The van der Waals surface area contributed by atoms with E-state index < -0.39 is 29.0 Å². The van der Waals surface area contributed by atoms with Crippen LogP contribution in [0.1, 0.15) is 18.6 Å². The number of nitrogen functional groups attached to an aromatic ring is 1. The monoisotopic (exact) mass is 340 g/mol. The fourth-order valence-electron chi connectivity index (χ4n) is 2.44. The Morgan fingerprint density at radius 3 is 2.58 bits per heavy atom. The number of aromatic nitrogens is 2. The van der Waals surface area contributed by atoms with Crippen molar-refractivity contribution in [3.8, 4) is 0 Å². The molecular weight excluding hydrogens is 322 g/mol. The third-order valence-electron chi connectivity index (χ3n) is 3.69. The predicted molar refractivity (Wildman–Crippen MR) is 86.0 cm³/mol. The minimum atomic E-state index is -1.19. The number of likely N-dealkylation sites (N-methyl/N-ethyl adjacent to an activating group) is 1. The van der Waals surface area contributed by atoms with Gasteiger partial charge in [-0.15, -0.1) is 0 Å². The van der Waals surface area contributed by atoms with Gasteiger partial charge in [-0.1, -0.05) is 6.07 Å². The summed E-state index contributed by atoms with van der Waals surface area (Å²) in [6, 6.07) is 3.04. The molecule has 4 N–H and O–H groups in total. The highest BCUT2D eigenvalue weighted by Gasteiger charge is 2.19. The summed E-state index contributed by atoms with van der Waals surface area (Å²) in [7, 11) is 1.49. The number of benzene rings is 1. The number of rotatable bonds is 5. The van der Waals surface area contributed by atoms with Crippen LogP contribution < -0.4 is 21.9 Å². The number of aliphatic hydroxyl groups is 1. The Labute approximate surface area is 136 Å². The predicted octanol–water partition coefficient (Wildman–Crippen LogP) is 0.587. The molecule has 1 heterocycles. The zero-order chi connectivity index (χ0) is 18.0. The maximum atomic E-state index is 13.3. The third kappa shape index (κ3) is 3.30. The SMILES string of the molecule is CCn1c(N)c(N(C)CC(O)c2ccc(F)c(F)c2)c(=O)[nH]c1=O. The molecule has 0 spiro atoms. The molecule has 24 heavy (non-hydrogen) atoms. The highest BCUT2D eigenvalue weighted by Crippen LogP contribution is 2.21. The van der Waals surface area contributed by atoms with E-state index in [0.717, 1.165) is 12.1 Å². The second-order valence-electron chi connectivity index (χ2n) is 5.31. The average molecular weight is 340 g/mol. The Kier molecular flexibility index (Phi) is 5.03. The van der Waals surface area contributed by atoms with E-state index in [1.165, 1.54) is 22.6 Å². The van der Waals surface area contributed by atoms with Gasteiger partial charge in [-0.2, -0.15) is 0 Å². The number of aromatic amines is 1. The zero-order valence-electron chi connectivity index (χ0n) is 13.2. The van der Waals surface area contributed by atoms with E-state index >= 15 is 0 Å². The smallest absolute Gasteiger partial charge is 0.330 e. The Hall–Kier alpha value is -2.68. The Morgan fingerprint density at radius 1 is 1.33 bits per heavy atom. The molecule has 0 amide bonds. The van der Waals surface area contributed by atoms with Gasteiger partial charge in [-0.3, -0.25) is 14.3 Å². The van der Waals surface area contributed by atoms with E-state index in [4.69, 9.17) is 5.73 Å². The summed E-state index contributed by atoms with van der Waals surface area (Å²) < 4.78 is 27.4. The summed E-state index contributed by atoms with van der Waals surface area (Å²) in [5.74, 6) is -2.13. The molecule has 0 saturated heterocycles.